The van der Waals surface area contributed by atoms with Gasteiger partial charge in [-0.2, -0.15) is 5.26 Å². The second-order valence-electron chi connectivity index (χ2n) is 6.66. The number of unbranched alkanes of at least 4 members (excludes halogenated alkanes) is 1. The summed E-state index contributed by atoms with van der Waals surface area (Å²) in [7, 11) is 0. The van der Waals surface area contributed by atoms with Crippen molar-refractivity contribution in [2.45, 2.75) is 38.6 Å². The molecule has 1 atom stereocenters. The standard InChI is InChI=1S/C19H22N4O5/c1-3-4-8-19(2)17(26)23(18(27)22-19)11-16(25)28-12-15(24)21-14-7-5-6-13(9-14)10-20/h5-7,9H,3-4,8,11-12H2,1-2H3,(H,21,24)(H,22,27)/t19-/m1/s1. The number of hydrogen-bond acceptors (Lipinski definition) is 6. The van der Waals surface area contributed by atoms with Crippen molar-refractivity contribution in [3.05, 3.63) is 29.8 Å². The molecule has 9 nitrogen and oxygen atoms in total. The molecule has 1 aromatic carbocycles. The summed E-state index contributed by atoms with van der Waals surface area (Å²) in [6.45, 7) is 2.45. The molecule has 2 N–H and O–H groups in total. The number of rotatable bonds is 8. The van der Waals surface area contributed by atoms with Crippen molar-refractivity contribution in [2.24, 2.45) is 0 Å². The third kappa shape index (κ3) is 5.07. The molecule has 1 aromatic rings. The molecule has 0 unspecified atom stereocenters. The Labute approximate surface area is 162 Å². The fourth-order valence-corrected chi connectivity index (χ4v) is 2.77. The van der Waals surface area contributed by atoms with Gasteiger partial charge in [0.05, 0.1) is 11.6 Å². The number of anilines is 1. The molecule has 0 bridgehead atoms. The number of nitriles is 1. The quantitative estimate of drug-likeness (QED) is 0.515. The van der Waals surface area contributed by atoms with Crippen molar-refractivity contribution in [3.63, 3.8) is 0 Å². The third-order valence-electron chi connectivity index (χ3n) is 4.30. The van der Waals surface area contributed by atoms with E-state index in [-0.39, 0.29) is 0 Å². The van der Waals surface area contributed by atoms with E-state index in [9.17, 15) is 19.2 Å². The molecule has 0 aliphatic carbocycles. The number of ether oxygens (including phenoxy) is 1. The Kier molecular flexibility index (Phi) is 6.71. The number of esters is 1. The molecule has 1 aliphatic heterocycles. The molecule has 9 heteroatoms. The number of carbonyl (C=O) groups excluding carboxylic acids is 4. The van der Waals surface area contributed by atoms with Gasteiger partial charge in [-0.25, -0.2) is 4.79 Å². The third-order valence-corrected chi connectivity index (χ3v) is 4.30. The first-order valence-electron chi connectivity index (χ1n) is 8.89. The van der Waals surface area contributed by atoms with Gasteiger partial charge < -0.3 is 15.4 Å². The van der Waals surface area contributed by atoms with Gasteiger partial charge in [0, 0.05) is 5.69 Å². The lowest BCUT2D eigenvalue weighted by Gasteiger charge is -2.21. The minimum absolute atomic E-state index is 0.375. The Balaban J connectivity index is 1.85. The number of hydrogen-bond donors (Lipinski definition) is 2. The van der Waals surface area contributed by atoms with Crippen LogP contribution in [0.2, 0.25) is 0 Å². The molecule has 1 fully saturated rings. The molecule has 0 saturated carbocycles. The van der Waals surface area contributed by atoms with Crippen LogP contribution in [-0.4, -0.2) is 47.4 Å². The first-order valence-corrected chi connectivity index (χ1v) is 8.89. The molecule has 0 radical (unpaired) electrons. The van der Waals surface area contributed by atoms with Crippen LogP contribution in [0.15, 0.2) is 24.3 Å². The monoisotopic (exact) mass is 386 g/mol. The molecule has 1 aliphatic rings. The Bertz CT molecular complexity index is 832. The molecule has 4 amide bonds. The molecular formula is C19H22N4O5. The van der Waals surface area contributed by atoms with Crippen molar-refractivity contribution < 1.29 is 23.9 Å². The van der Waals surface area contributed by atoms with Crippen LogP contribution in [0.3, 0.4) is 0 Å². The van der Waals surface area contributed by atoms with Crippen molar-refractivity contribution in [1.29, 1.82) is 5.26 Å². The van der Waals surface area contributed by atoms with E-state index in [1.807, 2.05) is 13.0 Å². The summed E-state index contributed by atoms with van der Waals surface area (Å²) in [5, 5.41) is 13.9. The lowest BCUT2D eigenvalue weighted by molar-refractivity contribution is -0.150. The summed E-state index contributed by atoms with van der Waals surface area (Å²) in [5.41, 5.74) is -0.267. The zero-order chi connectivity index (χ0) is 20.7. The van der Waals surface area contributed by atoms with Gasteiger partial charge in [-0.05, 0) is 31.5 Å². The van der Waals surface area contributed by atoms with Gasteiger partial charge in [0.25, 0.3) is 11.8 Å². The Morgan fingerprint density at radius 3 is 2.79 bits per heavy atom. The number of carbonyl (C=O) groups is 4. The van der Waals surface area contributed by atoms with Crippen LogP contribution in [0, 0.1) is 11.3 Å². The summed E-state index contributed by atoms with van der Waals surface area (Å²) < 4.78 is 4.85. The fraction of sp³-hybridized carbons (Fsp3) is 0.421. The summed E-state index contributed by atoms with van der Waals surface area (Å²) in [4.78, 5) is 49.1. The highest BCUT2D eigenvalue weighted by Crippen LogP contribution is 2.23. The Morgan fingerprint density at radius 2 is 2.11 bits per heavy atom. The second-order valence-corrected chi connectivity index (χ2v) is 6.66. The van der Waals surface area contributed by atoms with Gasteiger partial charge in [-0.1, -0.05) is 25.8 Å². The van der Waals surface area contributed by atoms with E-state index in [0.717, 1.165) is 17.7 Å². The number of nitrogens with one attached hydrogen (secondary N) is 2. The van der Waals surface area contributed by atoms with Crippen LogP contribution >= 0.6 is 0 Å². The number of imide groups is 1. The minimum atomic E-state index is -1.03. The lowest BCUT2D eigenvalue weighted by atomic mass is 9.95. The first kappa shape index (κ1) is 20.9. The zero-order valence-electron chi connectivity index (χ0n) is 15.8. The SMILES string of the molecule is CCCC[C@@]1(C)NC(=O)N(CC(=O)OCC(=O)Nc2cccc(C#N)c2)C1=O. The predicted octanol–water partition coefficient (Wildman–Crippen LogP) is 1.54. The van der Waals surface area contributed by atoms with Crippen molar-refractivity contribution >= 4 is 29.5 Å². The molecular weight excluding hydrogens is 364 g/mol. The van der Waals surface area contributed by atoms with Crippen LogP contribution in [0.4, 0.5) is 10.5 Å². The van der Waals surface area contributed by atoms with Gasteiger partial charge in [0.15, 0.2) is 6.61 Å². The smallest absolute Gasteiger partial charge is 0.326 e. The molecule has 2 rings (SSSR count). The minimum Gasteiger partial charge on any atom is -0.454 e. The van der Waals surface area contributed by atoms with Crippen LogP contribution in [0.25, 0.3) is 0 Å². The number of benzene rings is 1. The normalized spacial score (nSPS) is 18.4. The van der Waals surface area contributed by atoms with Gasteiger partial charge in [-0.15, -0.1) is 0 Å². The van der Waals surface area contributed by atoms with E-state index in [1.165, 1.54) is 6.07 Å². The highest BCUT2D eigenvalue weighted by molar-refractivity contribution is 6.08. The van der Waals surface area contributed by atoms with E-state index in [1.54, 1.807) is 25.1 Å². The van der Waals surface area contributed by atoms with E-state index in [4.69, 9.17) is 10.00 Å². The fourth-order valence-electron chi connectivity index (χ4n) is 2.77. The molecule has 1 saturated heterocycles. The van der Waals surface area contributed by atoms with Crippen molar-refractivity contribution in [3.8, 4) is 6.07 Å². The molecule has 28 heavy (non-hydrogen) atoms. The maximum Gasteiger partial charge on any atom is 0.326 e. The van der Waals surface area contributed by atoms with E-state index in [0.29, 0.717) is 17.7 Å². The van der Waals surface area contributed by atoms with E-state index in [2.05, 4.69) is 10.6 Å². The maximum absolute atomic E-state index is 12.4. The van der Waals surface area contributed by atoms with Gasteiger partial charge in [0.2, 0.25) is 0 Å². The summed E-state index contributed by atoms with van der Waals surface area (Å²) in [5.74, 6) is -1.96. The topological polar surface area (TPSA) is 129 Å². The highest BCUT2D eigenvalue weighted by atomic mass is 16.5. The van der Waals surface area contributed by atoms with Gasteiger partial charge in [-0.3, -0.25) is 19.3 Å². The van der Waals surface area contributed by atoms with Crippen LogP contribution in [0.5, 0.6) is 0 Å². The maximum atomic E-state index is 12.4. The molecule has 0 spiro atoms. The van der Waals surface area contributed by atoms with Crippen LogP contribution in [0.1, 0.15) is 38.7 Å². The average Bonchev–Trinajstić information content (AvgIpc) is 2.88. The lowest BCUT2D eigenvalue weighted by Crippen LogP contribution is -2.44. The summed E-state index contributed by atoms with van der Waals surface area (Å²) in [6, 6.07) is 7.55. The Hall–Kier alpha value is -3.41. The summed E-state index contributed by atoms with van der Waals surface area (Å²) in [6.07, 6.45) is 2.10. The van der Waals surface area contributed by atoms with Crippen molar-refractivity contribution in [1.82, 2.24) is 10.2 Å². The molecule has 0 aromatic heterocycles. The van der Waals surface area contributed by atoms with Gasteiger partial charge in [0.1, 0.15) is 12.1 Å². The zero-order valence-corrected chi connectivity index (χ0v) is 15.8. The van der Waals surface area contributed by atoms with E-state index < -0.39 is 42.5 Å². The number of urea groups is 1. The number of amides is 4. The highest BCUT2D eigenvalue weighted by Gasteiger charge is 2.47. The van der Waals surface area contributed by atoms with Crippen LogP contribution < -0.4 is 10.6 Å². The Morgan fingerprint density at radius 1 is 1.36 bits per heavy atom. The number of nitrogens with zero attached hydrogens (tertiary/aromatic N) is 2. The van der Waals surface area contributed by atoms with Crippen LogP contribution in [-0.2, 0) is 19.1 Å². The molecule has 148 valence electrons. The first-order chi connectivity index (χ1) is 13.3. The molecule has 1 heterocycles. The second kappa shape index (κ2) is 8.99. The van der Waals surface area contributed by atoms with E-state index >= 15 is 0 Å². The largest absolute Gasteiger partial charge is 0.454 e. The van der Waals surface area contributed by atoms with Crippen molar-refractivity contribution in [2.75, 3.05) is 18.5 Å². The van der Waals surface area contributed by atoms with Gasteiger partial charge >= 0.3 is 12.0 Å². The summed E-state index contributed by atoms with van der Waals surface area (Å²) >= 11 is 0. The predicted molar refractivity (Wildman–Crippen MR) is 98.9 cm³/mol. The average molecular weight is 386 g/mol.